The first-order valence-electron chi connectivity index (χ1n) is 12.6. The number of aryl methyl sites for hydroxylation is 1. The maximum atomic E-state index is 12.3. The molecule has 3 atom stereocenters. The van der Waals surface area contributed by atoms with Gasteiger partial charge < -0.3 is 25.9 Å². The number of carbonyl (C=O) groups excluding carboxylic acids is 1. The largest absolute Gasteiger partial charge is 0.479 e. The average Bonchev–Trinajstić information content (AvgIpc) is 2.90. The summed E-state index contributed by atoms with van der Waals surface area (Å²) >= 11 is 0. The van der Waals surface area contributed by atoms with E-state index in [2.05, 4.69) is 15.6 Å². The molecule has 1 aromatic heterocycles. The summed E-state index contributed by atoms with van der Waals surface area (Å²) in [5.41, 5.74) is 10.1. The van der Waals surface area contributed by atoms with E-state index in [1.165, 1.54) is 0 Å². The molecule has 39 heavy (non-hydrogen) atoms. The molecule has 0 saturated heterocycles. The summed E-state index contributed by atoms with van der Waals surface area (Å²) < 4.78 is 5.44. The van der Waals surface area contributed by atoms with E-state index in [1.807, 2.05) is 45.0 Å². The molecule has 6 N–H and O–H groups in total. The quantitative estimate of drug-likeness (QED) is 0.194. The molecule has 0 bridgehead atoms. The Morgan fingerprint density at radius 3 is 2.51 bits per heavy atom. The number of H-pyrrole nitrogens is 1. The van der Waals surface area contributed by atoms with Gasteiger partial charge in [-0.1, -0.05) is 43.3 Å². The van der Waals surface area contributed by atoms with Gasteiger partial charge in [-0.2, -0.15) is 0 Å². The number of nitrogens with two attached hydrogens (primary N) is 1. The second-order valence-corrected chi connectivity index (χ2v) is 9.68. The van der Waals surface area contributed by atoms with Crippen LogP contribution in [-0.4, -0.2) is 28.8 Å². The number of carboxylic acid groups (broad SMARTS) is 1. The van der Waals surface area contributed by atoms with E-state index < -0.39 is 18.1 Å². The number of fused-ring (bicyclic) bond motifs is 1. The van der Waals surface area contributed by atoms with E-state index in [9.17, 15) is 19.5 Å². The van der Waals surface area contributed by atoms with Gasteiger partial charge in [-0.15, -0.1) is 0 Å². The Morgan fingerprint density at radius 1 is 1.00 bits per heavy atom. The van der Waals surface area contributed by atoms with Crippen molar-refractivity contribution in [1.29, 1.82) is 0 Å². The van der Waals surface area contributed by atoms with Gasteiger partial charge in [-0.05, 0) is 71.8 Å². The van der Waals surface area contributed by atoms with Crippen LogP contribution in [0.25, 0.3) is 10.8 Å². The van der Waals surface area contributed by atoms with Gasteiger partial charge in [0.05, 0.1) is 6.61 Å². The minimum Gasteiger partial charge on any atom is -0.479 e. The molecule has 3 aromatic carbocycles. The summed E-state index contributed by atoms with van der Waals surface area (Å²) in [5.74, 6) is -1.17. The highest BCUT2D eigenvalue weighted by Crippen LogP contribution is 2.27. The topological polar surface area (TPSA) is 147 Å². The normalized spacial score (nSPS) is 13.3. The van der Waals surface area contributed by atoms with Crippen LogP contribution in [0.3, 0.4) is 0 Å². The minimum absolute atomic E-state index is 0.122. The van der Waals surface area contributed by atoms with Gasteiger partial charge in [0.1, 0.15) is 0 Å². The van der Waals surface area contributed by atoms with E-state index in [4.69, 9.17) is 10.5 Å². The first-order valence-corrected chi connectivity index (χ1v) is 12.6. The van der Waals surface area contributed by atoms with Crippen LogP contribution in [0.15, 0.2) is 77.7 Å². The Hall–Kier alpha value is -4.63. The zero-order chi connectivity index (χ0) is 28.1. The second-order valence-electron chi connectivity index (χ2n) is 9.68. The molecule has 1 heterocycles. The fraction of sp³-hybridized carbons (Fsp3) is 0.233. The van der Waals surface area contributed by atoms with Crippen LogP contribution in [0, 0.1) is 6.92 Å². The SMILES string of the molecule is Cc1cc(C(Nc2ccc3cc[nH]c(=O)c3c2)C(=O)O)ccc1[C@@H](C)COC(=O)Nc1cccc([C@@H](C)N)c1. The number of ether oxygens (including phenoxy) is 1. The molecule has 0 spiro atoms. The zero-order valence-electron chi connectivity index (χ0n) is 22.0. The predicted octanol–water partition coefficient (Wildman–Crippen LogP) is 5.45. The highest BCUT2D eigenvalue weighted by molar-refractivity contribution is 5.86. The first kappa shape index (κ1) is 27.4. The highest BCUT2D eigenvalue weighted by atomic mass is 16.5. The fourth-order valence-electron chi connectivity index (χ4n) is 4.50. The summed E-state index contributed by atoms with van der Waals surface area (Å²) in [4.78, 5) is 39.3. The van der Waals surface area contributed by atoms with Crippen molar-refractivity contribution in [2.45, 2.75) is 38.8 Å². The van der Waals surface area contributed by atoms with Gasteiger partial charge in [0.15, 0.2) is 6.04 Å². The number of aromatic nitrogens is 1. The number of pyridine rings is 1. The number of anilines is 2. The monoisotopic (exact) mass is 528 g/mol. The van der Waals surface area contributed by atoms with Crippen LogP contribution in [-0.2, 0) is 9.53 Å². The molecule has 0 fully saturated rings. The van der Waals surface area contributed by atoms with Crippen molar-refractivity contribution in [3.8, 4) is 0 Å². The Bertz CT molecular complexity index is 1560. The summed E-state index contributed by atoms with van der Waals surface area (Å²) in [6.07, 6.45) is 1.00. The van der Waals surface area contributed by atoms with Crippen molar-refractivity contribution in [2.24, 2.45) is 5.73 Å². The lowest BCUT2D eigenvalue weighted by atomic mass is 9.93. The third-order valence-electron chi connectivity index (χ3n) is 6.61. The number of carboxylic acids is 1. The van der Waals surface area contributed by atoms with Gasteiger partial charge in [-0.25, -0.2) is 9.59 Å². The number of benzene rings is 3. The third kappa shape index (κ3) is 6.63. The highest BCUT2D eigenvalue weighted by Gasteiger charge is 2.22. The summed E-state index contributed by atoms with van der Waals surface area (Å²) in [6.45, 7) is 5.84. The van der Waals surface area contributed by atoms with Crippen molar-refractivity contribution >= 4 is 34.2 Å². The van der Waals surface area contributed by atoms with Gasteiger partial charge in [0, 0.05) is 34.9 Å². The lowest BCUT2D eigenvalue weighted by Gasteiger charge is -2.20. The summed E-state index contributed by atoms with van der Waals surface area (Å²) in [6, 6.07) is 18.5. The van der Waals surface area contributed by atoms with Crippen molar-refractivity contribution in [3.05, 3.63) is 106 Å². The number of rotatable bonds is 9. The van der Waals surface area contributed by atoms with Gasteiger partial charge >= 0.3 is 12.1 Å². The molecular weight excluding hydrogens is 496 g/mol. The Morgan fingerprint density at radius 2 is 1.79 bits per heavy atom. The minimum atomic E-state index is -1.05. The Balaban J connectivity index is 1.43. The standard InChI is InChI=1S/C30H32N4O5/c1-17-13-22(27(29(36)37)33-24-9-7-20-11-12-32-28(35)26(20)15-24)8-10-25(17)18(2)16-39-30(38)34-23-6-4-5-21(14-23)19(3)31/h4-15,18-19,27,33H,16,31H2,1-3H3,(H,32,35)(H,34,38)(H,36,37)/t18-,19+,27?/m0/s1. The number of hydrogen-bond donors (Lipinski definition) is 5. The maximum absolute atomic E-state index is 12.3. The van der Waals surface area contributed by atoms with E-state index >= 15 is 0 Å². The second kappa shape index (κ2) is 11.8. The molecule has 0 aliphatic heterocycles. The van der Waals surface area contributed by atoms with Crippen LogP contribution in [0.1, 0.15) is 54.1 Å². The zero-order valence-corrected chi connectivity index (χ0v) is 22.0. The van der Waals surface area contributed by atoms with Crippen molar-refractivity contribution < 1.29 is 19.4 Å². The maximum Gasteiger partial charge on any atom is 0.411 e. The van der Waals surface area contributed by atoms with E-state index in [0.29, 0.717) is 22.3 Å². The molecule has 9 nitrogen and oxygen atoms in total. The number of aliphatic carboxylic acids is 1. The third-order valence-corrected chi connectivity index (χ3v) is 6.61. The molecule has 0 saturated carbocycles. The molecule has 4 aromatic rings. The molecule has 1 unspecified atom stereocenters. The van der Waals surface area contributed by atoms with Gasteiger partial charge in [0.2, 0.25) is 0 Å². The molecule has 1 amide bonds. The number of aromatic amines is 1. The summed E-state index contributed by atoms with van der Waals surface area (Å²) in [7, 11) is 0. The number of nitrogens with one attached hydrogen (secondary N) is 3. The summed E-state index contributed by atoms with van der Waals surface area (Å²) in [5, 5.41) is 16.9. The van der Waals surface area contributed by atoms with Gasteiger partial charge in [-0.3, -0.25) is 10.1 Å². The molecule has 202 valence electrons. The van der Waals surface area contributed by atoms with Gasteiger partial charge in [0.25, 0.3) is 5.56 Å². The lowest BCUT2D eigenvalue weighted by molar-refractivity contribution is -0.138. The number of amides is 1. The van der Waals surface area contributed by atoms with Crippen LogP contribution in [0.4, 0.5) is 16.2 Å². The lowest BCUT2D eigenvalue weighted by Crippen LogP contribution is -2.21. The molecular formula is C30H32N4O5. The van der Waals surface area contributed by atoms with Crippen LogP contribution >= 0.6 is 0 Å². The number of carbonyl (C=O) groups is 2. The van der Waals surface area contributed by atoms with E-state index in [1.54, 1.807) is 48.7 Å². The van der Waals surface area contributed by atoms with Crippen LogP contribution < -0.4 is 21.9 Å². The molecule has 0 radical (unpaired) electrons. The molecule has 4 rings (SSSR count). The van der Waals surface area contributed by atoms with E-state index in [0.717, 1.165) is 22.1 Å². The Kier molecular flexibility index (Phi) is 8.31. The van der Waals surface area contributed by atoms with Crippen LogP contribution in [0.5, 0.6) is 0 Å². The predicted molar refractivity (Wildman–Crippen MR) is 152 cm³/mol. The molecule has 0 aliphatic rings. The Labute approximate surface area is 226 Å². The average molecular weight is 529 g/mol. The van der Waals surface area contributed by atoms with Crippen molar-refractivity contribution in [3.63, 3.8) is 0 Å². The fourth-order valence-corrected chi connectivity index (χ4v) is 4.50. The van der Waals surface area contributed by atoms with Crippen molar-refractivity contribution in [1.82, 2.24) is 4.98 Å². The van der Waals surface area contributed by atoms with Crippen molar-refractivity contribution in [2.75, 3.05) is 17.2 Å². The van der Waals surface area contributed by atoms with E-state index in [-0.39, 0.29) is 24.1 Å². The van der Waals surface area contributed by atoms with Crippen LogP contribution in [0.2, 0.25) is 0 Å². The number of hydrogen-bond acceptors (Lipinski definition) is 6. The molecule has 0 aliphatic carbocycles. The first-order chi connectivity index (χ1) is 18.6. The molecule has 9 heteroatoms. The smallest absolute Gasteiger partial charge is 0.411 e.